The topological polar surface area (TPSA) is 33.7 Å². The Hall–Kier alpha value is -0.160. The summed E-state index contributed by atoms with van der Waals surface area (Å²) in [6, 6.07) is 0.532. The Kier molecular flexibility index (Phi) is 5.89. The van der Waals surface area contributed by atoms with Crippen LogP contribution in [0.2, 0.25) is 0 Å². The van der Waals surface area contributed by atoms with Gasteiger partial charge in [-0.2, -0.15) is 0 Å². The fraction of sp³-hybridized carbons (Fsp3) is 1.00. The Morgan fingerprint density at radius 3 is 2.89 bits per heavy atom. The highest BCUT2D eigenvalue weighted by atomic mass is 16.5. The molecule has 0 aromatic rings. The summed E-state index contributed by atoms with van der Waals surface area (Å²) in [5.74, 6) is 1.50. The molecule has 0 bridgehead atoms. The molecule has 0 radical (unpaired) electrons. The van der Waals surface area contributed by atoms with Crippen LogP contribution in [0.1, 0.15) is 19.8 Å². The summed E-state index contributed by atoms with van der Waals surface area (Å²) in [4.78, 5) is 2.37. The van der Waals surface area contributed by atoms with Crippen LogP contribution in [0.15, 0.2) is 0 Å². The molecule has 2 rings (SSSR count). The van der Waals surface area contributed by atoms with E-state index in [9.17, 15) is 0 Å². The van der Waals surface area contributed by atoms with Crippen LogP contribution in [-0.2, 0) is 9.47 Å². The highest BCUT2D eigenvalue weighted by molar-refractivity contribution is 4.82. The molecule has 0 aromatic heterocycles. The van der Waals surface area contributed by atoms with Gasteiger partial charge in [0.05, 0.1) is 19.8 Å². The lowest BCUT2D eigenvalue weighted by Crippen LogP contribution is -2.41. The Labute approximate surface area is 111 Å². The van der Waals surface area contributed by atoms with Crippen molar-refractivity contribution >= 4 is 0 Å². The summed E-state index contributed by atoms with van der Waals surface area (Å²) in [5, 5.41) is 3.51. The van der Waals surface area contributed by atoms with E-state index in [1.54, 1.807) is 0 Å². The zero-order valence-corrected chi connectivity index (χ0v) is 11.9. The molecule has 2 unspecified atom stereocenters. The molecule has 0 aromatic carbocycles. The minimum atomic E-state index is 0.532. The van der Waals surface area contributed by atoms with Crippen LogP contribution >= 0.6 is 0 Å². The maximum Gasteiger partial charge on any atom is 0.0623 e. The number of likely N-dealkylation sites (N-methyl/N-ethyl adjacent to an activating group) is 2. The quantitative estimate of drug-likeness (QED) is 0.623. The van der Waals surface area contributed by atoms with Gasteiger partial charge in [-0.1, -0.05) is 6.92 Å². The van der Waals surface area contributed by atoms with Crippen LogP contribution in [0.5, 0.6) is 0 Å². The second-order valence-corrected chi connectivity index (χ2v) is 5.74. The molecule has 106 valence electrons. The molecule has 1 aliphatic heterocycles. The molecule has 2 atom stereocenters. The van der Waals surface area contributed by atoms with Crippen molar-refractivity contribution in [1.82, 2.24) is 10.2 Å². The molecule has 1 N–H and O–H groups in total. The predicted octanol–water partition coefficient (Wildman–Crippen LogP) is 0.969. The van der Waals surface area contributed by atoms with Crippen LogP contribution < -0.4 is 5.32 Å². The average molecular weight is 256 g/mol. The van der Waals surface area contributed by atoms with E-state index in [4.69, 9.17) is 9.47 Å². The lowest BCUT2D eigenvalue weighted by atomic mass is 10.0. The Bertz CT molecular complexity index is 234. The SMILES string of the molecule is CCNC1COCC1CN(C)CCOCC1CC1. The average Bonchev–Trinajstić information content (AvgIpc) is 3.08. The molecule has 2 aliphatic rings. The monoisotopic (exact) mass is 256 g/mol. The van der Waals surface area contributed by atoms with Crippen molar-refractivity contribution in [2.45, 2.75) is 25.8 Å². The smallest absolute Gasteiger partial charge is 0.0623 e. The summed E-state index contributed by atoms with van der Waals surface area (Å²) in [6.45, 7) is 8.92. The number of nitrogens with zero attached hydrogens (tertiary/aromatic N) is 1. The second-order valence-electron chi connectivity index (χ2n) is 5.74. The zero-order valence-electron chi connectivity index (χ0n) is 11.9. The van der Waals surface area contributed by atoms with E-state index < -0.39 is 0 Å². The van der Waals surface area contributed by atoms with Crippen molar-refractivity contribution in [2.75, 3.05) is 53.1 Å². The van der Waals surface area contributed by atoms with E-state index in [-0.39, 0.29) is 0 Å². The molecular weight excluding hydrogens is 228 g/mol. The standard InChI is InChI=1S/C14H28N2O2/c1-3-15-14-11-18-10-13(14)8-16(2)6-7-17-9-12-4-5-12/h12-15H,3-11H2,1-2H3. The number of rotatable bonds is 9. The van der Waals surface area contributed by atoms with Crippen LogP contribution in [0.4, 0.5) is 0 Å². The lowest BCUT2D eigenvalue weighted by Gasteiger charge is -2.24. The highest BCUT2D eigenvalue weighted by Crippen LogP contribution is 2.28. The summed E-state index contributed by atoms with van der Waals surface area (Å²) in [6.07, 6.45) is 2.75. The van der Waals surface area contributed by atoms with Crippen molar-refractivity contribution in [3.8, 4) is 0 Å². The van der Waals surface area contributed by atoms with Gasteiger partial charge in [0.25, 0.3) is 0 Å². The first-order valence-corrected chi connectivity index (χ1v) is 7.37. The van der Waals surface area contributed by atoms with E-state index in [0.717, 1.165) is 52.0 Å². The van der Waals surface area contributed by atoms with Gasteiger partial charge >= 0.3 is 0 Å². The van der Waals surface area contributed by atoms with Crippen molar-refractivity contribution in [3.05, 3.63) is 0 Å². The van der Waals surface area contributed by atoms with Gasteiger partial charge in [0.2, 0.25) is 0 Å². The molecule has 1 heterocycles. The van der Waals surface area contributed by atoms with E-state index in [1.165, 1.54) is 12.8 Å². The maximum absolute atomic E-state index is 5.68. The molecule has 18 heavy (non-hydrogen) atoms. The fourth-order valence-corrected chi connectivity index (χ4v) is 2.51. The third kappa shape index (κ3) is 4.84. The third-order valence-electron chi connectivity index (χ3n) is 3.88. The number of nitrogens with one attached hydrogen (secondary N) is 1. The first-order valence-electron chi connectivity index (χ1n) is 7.37. The molecule has 1 saturated heterocycles. The number of ether oxygens (including phenoxy) is 2. The van der Waals surface area contributed by atoms with Gasteiger partial charge in [-0.15, -0.1) is 0 Å². The van der Waals surface area contributed by atoms with Gasteiger partial charge < -0.3 is 19.7 Å². The van der Waals surface area contributed by atoms with Gasteiger partial charge in [-0.3, -0.25) is 0 Å². The molecule has 0 amide bonds. The Morgan fingerprint density at radius 2 is 2.17 bits per heavy atom. The van der Waals surface area contributed by atoms with Gasteiger partial charge in [-0.25, -0.2) is 0 Å². The van der Waals surface area contributed by atoms with Crippen molar-refractivity contribution < 1.29 is 9.47 Å². The van der Waals surface area contributed by atoms with Gasteiger partial charge in [-0.05, 0) is 32.4 Å². The van der Waals surface area contributed by atoms with E-state index in [2.05, 4.69) is 24.2 Å². The van der Waals surface area contributed by atoms with Crippen molar-refractivity contribution in [2.24, 2.45) is 11.8 Å². The van der Waals surface area contributed by atoms with Crippen LogP contribution in [0.3, 0.4) is 0 Å². The first-order chi connectivity index (χ1) is 8.79. The summed E-state index contributed by atoms with van der Waals surface area (Å²) in [5.41, 5.74) is 0. The van der Waals surface area contributed by atoms with Crippen LogP contribution in [0, 0.1) is 11.8 Å². The normalized spacial score (nSPS) is 28.2. The van der Waals surface area contributed by atoms with Crippen molar-refractivity contribution in [3.63, 3.8) is 0 Å². The summed E-state index contributed by atoms with van der Waals surface area (Å²) < 4.78 is 11.2. The van der Waals surface area contributed by atoms with E-state index in [0.29, 0.717) is 12.0 Å². The highest BCUT2D eigenvalue weighted by Gasteiger charge is 2.28. The molecule has 4 heteroatoms. The predicted molar refractivity (Wildman–Crippen MR) is 72.8 cm³/mol. The molecule has 4 nitrogen and oxygen atoms in total. The molecular formula is C14H28N2O2. The molecule has 0 spiro atoms. The minimum Gasteiger partial charge on any atom is -0.380 e. The Balaban J connectivity index is 1.55. The summed E-state index contributed by atoms with van der Waals surface area (Å²) >= 11 is 0. The number of hydrogen-bond acceptors (Lipinski definition) is 4. The fourth-order valence-electron chi connectivity index (χ4n) is 2.51. The Morgan fingerprint density at radius 1 is 1.33 bits per heavy atom. The molecule has 1 saturated carbocycles. The molecule has 1 aliphatic carbocycles. The van der Waals surface area contributed by atoms with Crippen LogP contribution in [-0.4, -0.2) is 64.1 Å². The summed E-state index contributed by atoms with van der Waals surface area (Å²) in [7, 11) is 2.18. The minimum absolute atomic E-state index is 0.532. The van der Waals surface area contributed by atoms with E-state index >= 15 is 0 Å². The van der Waals surface area contributed by atoms with Gasteiger partial charge in [0, 0.05) is 31.7 Å². The zero-order chi connectivity index (χ0) is 12.8. The van der Waals surface area contributed by atoms with Crippen molar-refractivity contribution in [1.29, 1.82) is 0 Å². The van der Waals surface area contributed by atoms with Crippen LogP contribution in [0.25, 0.3) is 0 Å². The van der Waals surface area contributed by atoms with Gasteiger partial charge in [0.15, 0.2) is 0 Å². The van der Waals surface area contributed by atoms with E-state index in [1.807, 2.05) is 0 Å². The second kappa shape index (κ2) is 7.43. The first kappa shape index (κ1) is 14.3. The number of hydrogen-bond donors (Lipinski definition) is 1. The largest absolute Gasteiger partial charge is 0.380 e. The molecule has 2 fully saturated rings. The maximum atomic E-state index is 5.68. The third-order valence-corrected chi connectivity index (χ3v) is 3.88. The lowest BCUT2D eigenvalue weighted by molar-refractivity contribution is 0.0966. The van der Waals surface area contributed by atoms with Gasteiger partial charge in [0.1, 0.15) is 0 Å².